The van der Waals surface area contributed by atoms with Crippen LogP contribution < -0.4 is 0 Å². The molecule has 0 radical (unpaired) electrons. The number of rotatable bonds is 3. The summed E-state index contributed by atoms with van der Waals surface area (Å²) < 4.78 is 6.04. The van der Waals surface area contributed by atoms with E-state index in [-0.39, 0.29) is 11.7 Å². The van der Waals surface area contributed by atoms with Crippen molar-refractivity contribution in [3.63, 3.8) is 0 Å². The second-order valence-corrected chi connectivity index (χ2v) is 6.59. The molecule has 0 aromatic carbocycles. The highest BCUT2D eigenvalue weighted by Crippen LogP contribution is 2.44. The maximum Gasteiger partial charge on any atom is 0.0686 e. The highest BCUT2D eigenvalue weighted by atomic mass is 16.5. The summed E-state index contributed by atoms with van der Waals surface area (Å²) in [6.07, 6.45) is 7.03. The summed E-state index contributed by atoms with van der Waals surface area (Å²) in [5, 5.41) is 10.5. The van der Waals surface area contributed by atoms with Crippen molar-refractivity contribution in [3.8, 4) is 0 Å². The Balaban J connectivity index is 1.97. The molecule has 17 heavy (non-hydrogen) atoms. The maximum absolute atomic E-state index is 10.5. The molecule has 2 heteroatoms. The van der Waals surface area contributed by atoms with Crippen molar-refractivity contribution in [3.05, 3.63) is 0 Å². The topological polar surface area (TPSA) is 29.5 Å². The highest BCUT2D eigenvalue weighted by Gasteiger charge is 2.42. The van der Waals surface area contributed by atoms with Gasteiger partial charge in [-0.3, -0.25) is 0 Å². The molecule has 1 saturated carbocycles. The number of aliphatic hydroxyl groups excluding tert-OH is 1. The molecule has 1 aliphatic carbocycles. The summed E-state index contributed by atoms with van der Waals surface area (Å²) in [5.74, 6) is 1.42. The first-order valence-corrected chi connectivity index (χ1v) is 7.36. The van der Waals surface area contributed by atoms with E-state index in [2.05, 4.69) is 20.8 Å². The van der Waals surface area contributed by atoms with E-state index in [4.69, 9.17) is 4.74 Å². The van der Waals surface area contributed by atoms with Gasteiger partial charge in [-0.25, -0.2) is 0 Å². The first kappa shape index (κ1) is 13.4. The minimum absolute atomic E-state index is 0.139. The van der Waals surface area contributed by atoms with E-state index in [1.165, 1.54) is 25.7 Å². The van der Waals surface area contributed by atoms with Gasteiger partial charge < -0.3 is 9.84 Å². The Kier molecular flexibility index (Phi) is 4.14. The summed E-state index contributed by atoms with van der Waals surface area (Å²) in [7, 11) is 0. The molecule has 3 unspecified atom stereocenters. The van der Waals surface area contributed by atoms with Crippen LogP contribution in [-0.4, -0.2) is 23.4 Å². The maximum atomic E-state index is 10.5. The molecule has 3 atom stereocenters. The Morgan fingerprint density at radius 2 is 1.82 bits per heavy atom. The average molecular weight is 240 g/mol. The standard InChI is InChI=1S/C15H28O2/c1-11(2)12(3)14(16)13-6-9-17-15(10-13)7-4-5-8-15/h11-14,16H,4-10H2,1-3H3. The molecule has 0 aromatic heterocycles. The summed E-state index contributed by atoms with van der Waals surface area (Å²) in [6.45, 7) is 7.45. The largest absolute Gasteiger partial charge is 0.393 e. The van der Waals surface area contributed by atoms with Crippen molar-refractivity contribution < 1.29 is 9.84 Å². The predicted molar refractivity (Wildman–Crippen MR) is 69.9 cm³/mol. The zero-order valence-electron chi connectivity index (χ0n) is 11.6. The molecule has 1 aliphatic heterocycles. The lowest BCUT2D eigenvalue weighted by atomic mass is 9.76. The third-order valence-electron chi connectivity index (χ3n) is 5.12. The first-order chi connectivity index (χ1) is 8.04. The lowest BCUT2D eigenvalue weighted by Crippen LogP contribution is -2.43. The van der Waals surface area contributed by atoms with Crippen molar-refractivity contribution in [2.45, 2.75) is 71.0 Å². The molecular formula is C15H28O2. The monoisotopic (exact) mass is 240 g/mol. The average Bonchev–Trinajstić information content (AvgIpc) is 2.75. The van der Waals surface area contributed by atoms with Crippen LogP contribution in [-0.2, 0) is 4.74 Å². The molecule has 2 aliphatic rings. The van der Waals surface area contributed by atoms with Crippen LogP contribution in [0.1, 0.15) is 59.3 Å². The van der Waals surface area contributed by atoms with Crippen LogP contribution in [0.3, 0.4) is 0 Å². The van der Waals surface area contributed by atoms with Gasteiger partial charge in [0.25, 0.3) is 0 Å². The summed E-state index contributed by atoms with van der Waals surface area (Å²) >= 11 is 0. The number of ether oxygens (including phenoxy) is 1. The zero-order valence-corrected chi connectivity index (χ0v) is 11.6. The molecule has 0 aromatic rings. The third-order valence-corrected chi connectivity index (χ3v) is 5.12. The van der Waals surface area contributed by atoms with Gasteiger partial charge >= 0.3 is 0 Å². The SMILES string of the molecule is CC(C)C(C)C(O)C1CCOC2(CCCC2)C1. The number of hydrogen-bond donors (Lipinski definition) is 1. The number of aliphatic hydroxyl groups is 1. The third kappa shape index (κ3) is 2.85. The van der Waals surface area contributed by atoms with Crippen LogP contribution in [0.15, 0.2) is 0 Å². The predicted octanol–water partition coefficient (Wildman–Crippen LogP) is 3.38. The van der Waals surface area contributed by atoms with Gasteiger partial charge in [0, 0.05) is 6.61 Å². The minimum Gasteiger partial charge on any atom is -0.393 e. The molecule has 1 N–H and O–H groups in total. The van der Waals surface area contributed by atoms with Crippen LogP contribution >= 0.6 is 0 Å². The van der Waals surface area contributed by atoms with Gasteiger partial charge in [0.1, 0.15) is 0 Å². The highest BCUT2D eigenvalue weighted by molar-refractivity contribution is 4.93. The molecule has 1 heterocycles. The molecule has 1 spiro atoms. The lowest BCUT2D eigenvalue weighted by Gasteiger charge is -2.41. The first-order valence-electron chi connectivity index (χ1n) is 7.36. The Labute approximate surface area is 106 Å². The van der Waals surface area contributed by atoms with Gasteiger partial charge in [-0.2, -0.15) is 0 Å². The van der Waals surface area contributed by atoms with Gasteiger partial charge in [-0.05, 0) is 43.4 Å². The molecule has 0 bridgehead atoms. The lowest BCUT2D eigenvalue weighted by molar-refractivity contribution is -0.121. The summed E-state index contributed by atoms with van der Waals surface area (Å²) in [5.41, 5.74) is 0.139. The second-order valence-electron chi connectivity index (χ2n) is 6.59. The van der Waals surface area contributed by atoms with Crippen LogP contribution in [0, 0.1) is 17.8 Å². The van der Waals surface area contributed by atoms with E-state index in [9.17, 15) is 5.11 Å². The Hall–Kier alpha value is -0.0800. The van der Waals surface area contributed by atoms with E-state index in [0.29, 0.717) is 17.8 Å². The normalized spacial score (nSPS) is 31.9. The molecule has 2 fully saturated rings. The van der Waals surface area contributed by atoms with E-state index in [0.717, 1.165) is 19.4 Å². The van der Waals surface area contributed by atoms with Gasteiger partial charge in [0.05, 0.1) is 11.7 Å². The summed E-state index contributed by atoms with van der Waals surface area (Å²) in [6, 6.07) is 0. The van der Waals surface area contributed by atoms with E-state index in [1.807, 2.05) is 0 Å². The quantitative estimate of drug-likeness (QED) is 0.819. The van der Waals surface area contributed by atoms with Crippen molar-refractivity contribution >= 4 is 0 Å². The van der Waals surface area contributed by atoms with Gasteiger partial charge in [-0.15, -0.1) is 0 Å². The Bertz CT molecular complexity index is 243. The fourth-order valence-corrected chi connectivity index (χ4v) is 3.55. The molecule has 2 rings (SSSR count). The molecule has 2 nitrogen and oxygen atoms in total. The minimum atomic E-state index is -0.142. The van der Waals surface area contributed by atoms with Gasteiger partial charge in [0.15, 0.2) is 0 Å². The van der Waals surface area contributed by atoms with Crippen molar-refractivity contribution in [1.29, 1.82) is 0 Å². The second kappa shape index (κ2) is 5.27. The fraction of sp³-hybridized carbons (Fsp3) is 1.00. The fourth-order valence-electron chi connectivity index (χ4n) is 3.55. The van der Waals surface area contributed by atoms with Crippen LogP contribution in [0.4, 0.5) is 0 Å². The van der Waals surface area contributed by atoms with Crippen LogP contribution in [0.2, 0.25) is 0 Å². The zero-order chi connectivity index (χ0) is 12.5. The van der Waals surface area contributed by atoms with E-state index < -0.39 is 0 Å². The van der Waals surface area contributed by atoms with Crippen LogP contribution in [0.25, 0.3) is 0 Å². The summed E-state index contributed by atoms with van der Waals surface area (Å²) in [4.78, 5) is 0. The molecule has 1 saturated heterocycles. The van der Waals surface area contributed by atoms with Crippen molar-refractivity contribution in [2.75, 3.05) is 6.61 Å². The van der Waals surface area contributed by atoms with E-state index >= 15 is 0 Å². The van der Waals surface area contributed by atoms with Crippen molar-refractivity contribution in [2.24, 2.45) is 17.8 Å². The smallest absolute Gasteiger partial charge is 0.0686 e. The molecular weight excluding hydrogens is 212 g/mol. The Morgan fingerprint density at radius 3 is 2.41 bits per heavy atom. The van der Waals surface area contributed by atoms with Gasteiger partial charge in [0.2, 0.25) is 0 Å². The number of hydrogen-bond acceptors (Lipinski definition) is 2. The Morgan fingerprint density at radius 1 is 1.18 bits per heavy atom. The molecule has 0 amide bonds. The van der Waals surface area contributed by atoms with Gasteiger partial charge in [-0.1, -0.05) is 33.6 Å². The van der Waals surface area contributed by atoms with E-state index in [1.54, 1.807) is 0 Å². The van der Waals surface area contributed by atoms with Crippen molar-refractivity contribution in [1.82, 2.24) is 0 Å². The molecule has 100 valence electrons. The van der Waals surface area contributed by atoms with Crippen LogP contribution in [0.5, 0.6) is 0 Å².